The predicted molar refractivity (Wildman–Crippen MR) is 69.3 cm³/mol. The van der Waals surface area contributed by atoms with Crippen molar-refractivity contribution in [2.75, 3.05) is 14.2 Å². The van der Waals surface area contributed by atoms with Crippen molar-refractivity contribution >= 4 is 11.6 Å². The minimum Gasteiger partial charge on any atom is -0.496 e. The zero-order valence-corrected chi connectivity index (χ0v) is 11.2. The number of benzene rings is 1. The van der Waals surface area contributed by atoms with E-state index in [4.69, 9.17) is 25.5 Å². The Bertz CT molecular complexity index is 529. The molecule has 0 bridgehead atoms. The quantitative estimate of drug-likeness (QED) is 0.797. The van der Waals surface area contributed by atoms with Gasteiger partial charge in [0.15, 0.2) is 0 Å². The van der Waals surface area contributed by atoms with E-state index >= 15 is 0 Å². The first-order valence-corrected chi connectivity index (χ1v) is 5.98. The third-order valence-electron chi connectivity index (χ3n) is 2.66. The second-order valence-corrected chi connectivity index (χ2v) is 3.97. The predicted octanol–water partition coefficient (Wildman–Crippen LogP) is 3.41. The van der Waals surface area contributed by atoms with E-state index in [1.54, 1.807) is 14.2 Å². The molecular weight excluding hydrogens is 254 g/mol. The lowest BCUT2D eigenvalue weighted by atomic mass is 10.1. The van der Waals surface area contributed by atoms with Gasteiger partial charge in [0.2, 0.25) is 5.89 Å². The van der Waals surface area contributed by atoms with E-state index < -0.39 is 0 Å². The maximum atomic E-state index is 5.78. The van der Waals surface area contributed by atoms with Crippen LogP contribution in [-0.4, -0.2) is 19.2 Å². The van der Waals surface area contributed by atoms with E-state index in [0.717, 1.165) is 5.69 Å². The molecular formula is C13H14ClNO3. The zero-order chi connectivity index (χ0) is 13.1. The molecule has 0 radical (unpaired) electrons. The molecule has 0 amide bonds. The van der Waals surface area contributed by atoms with Crippen LogP contribution in [0.2, 0.25) is 0 Å². The van der Waals surface area contributed by atoms with Crippen molar-refractivity contribution in [2.45, 2.75) is 12.8 Å². The van der Waals surface area contributed by atoms with Crippen molar-refractivity contribution in [3.05, 3.63) is 29.7 Å². The van der Waals surface area contributed by atoms with Gasteiger partial charge < -0.3 is 13.9 Å². The Morgan fingerprint density at radius 3 is 2.28 bits per heavy atom. The monoisotopic (exact) mass is 267 g/mol. The molecule has 0 unspecified atom stereocenters. The third-order valence-corrected chi connectivity index (χ3v) is 2.90. The third kappa shape index (κ3) is 2.16. The van der Waals surface area contributed by atoms with Gasteiger partial charge in [-0.3, -0.25) is 0 Å². The highest BCUT2D eigenvalue weighted by Gasteiger charge is 2.19. The van der Waals surface area contributed by atoms with Gasteiger partial charge in [-0.25, -0.2) is 4.98 Å². The van der Waals surface area contributed by atoms with Crippen molar-refractivity contribution in [3.63, 3.8) is 0 Å². The Balaban J connectivity index is 2.60. The highest BCUT2D eigenvalue weighted by molar-refractivity contribution is 6.16. The average molecular weight is 268 g/mol. The topological polar surface area (TPSA) is 44.5 Å². The largest absolute Gasteiger partial charge is 0.496 e. The second-order valence-electron chi connectivity index (χ2n) is 3.70. The molecule has 4 nitrogen and oxygen atoms in total. The molecule has 2 rings (SSSR count). The number of aromatic nitrogens is 1. The lowest BCUT2D eigenvalue weighted by Gasteiger charge is -2.09. The molecule has 0 atom stereocenters. The first kappa shape index (κ1) is 12.8. The van der Waals surface area contributed by atoms with Gasteiger partial charge >= 0.3 is 0 Å². The molecule has 1 aromatic carbocycles. The molecule has 0 spiro atoms. The van der Waals surface area contributed by atoms with Crippen LogP contribution in [0.3, 0.4) is 0 Å². The summed E-state index contributed by atoms with van der Waals surface area (Å²) in [6.07, 6.45) is 0. The van der Waals surface area contributed by atoms with E-state index in [1.165, 1.54) is 0 Å². The van der Waals surface area contributed by atoms with Gasteiger partial charge in [0.05, 0.1) is 25.8 Å². The van der Waals surface area contributed by atoms with Crippen LogP contribution < -0.4 is 9.47 Å². The molecule has 1 aromatic heterocycles. The fraction of sp³-hybridized carbons (Fsp3) is 0.308. The highest BCUT2D eigenvalue weighted by atomic mass is 35.5. The minimum absolute atomic E-state index is 0.288. The molecule has 96 valence electrons. The Hall–Kier alpha value is -1.68. The summed E-state index contributed by atoms with van der Waals surface area (Å²) in [6.45, 7) is 1.85. The summed E-state index contributed by atoms with van der Waals surface area (Å²) in [5.74, 6) is 2.70. The SMILES string of the molecule is COc1cccc(OC)c1-c1nc(C)c(CCl)o1. The standard InChI is InChI=1S/C13H14ClNO3/c1-8-11(7-14)18-13(15-8)12-9(16-2)5-4-6-10(12)17-3/h4-6H,7H2,1-3H3. The van der Waals surface area contributed by atoms with Gasteiger partial charge in [-0.05, 0) is 19.1 Å². The average Bonchev–Trinajstić information content (AvgIpc) is 2.78. The Kier molecular flexibility index (Phi) is 3.77. The zero-order valence-electron chi connectivity index (χ0n) is 10.5. The van der Waals surface area contributed by atoms with Gasteiger partial charge in [-0.2, -0.15) is 0 Å². The molecule has 0 aliphatic carbocycles. The number of ether oxygens (including phenoxy) is 2. The summed E-state index contributed by atoms with van der Waals surface area (Å²) in [4.78, 5) is 4.36. The maximum absolute atomic E-state index is 5.78. The van der Waals surface area contributed by atoms with Crippen LogP contribution >= 0.6 is 11.6 Å². The number of rotatable bonds is 4. The van der Waals surface area contributed by atoms with Crippen LogP contribution in [-0.2, 0) is 5.88 Å². The van der Waals surface area contributed by atoms with Crippen molar-refractivity contribution in [2.24, 2.45) is 0 Å². The molecule has 0 saturated carbocycles. The van der Waals surface area contributed by atoms with E-state index in [9.17, 15) is 0 Å². The second kappa shape index (κ2) is 5.31. The first-order valence-electron chi connectivity index (χ1n) is 5.45. The number of methoxy groups -OCH3 is 2. The van der Waals surface area contributed by atoms with Gasteiger partial charge in [-0.15, -0.1) is 11.6 Å². The normalized spacial score (nSPS) is 10.4. The number of alkyl halides is 1. The molecule has 0 aliphatic rings. The van der Waals surface area contributed by atoms with E-state index in [1.807, 2.05) is 25.1 Å². The fourth-order valence-corrected chi connectivity index (χ4v) is 1.97. The van der Waals surface area contributed by atoms with E-state index in [0.29, 0.717) is 28.7 Å². The van der Waals surface area contributed by atoms with Crippen LogP contribution in [0.5, 0.6) is 11.5 Å². The summed E-state index contributed by atoms with van der Waals surface area (Å²) in [5, 5.41) is 0. The number of oxazole rings is 1. The Labute approximate surface area is 110 Å². The smallest absolute Gasteiger partial charge is 0.234 e. The summed E-state index contributed by atoms with van der Waals surface area (Å²) in [5.41, 5.74) is 1.47. The minimum atomic E-state index is 0.288. The fourth-order valence-electron chi connectivity index (χ4n) is 1.72. The van der Waals surface area contributed by atoms with Crippen molar-refractivity contribution in [1.82, 2.24) is 4.98 Å². The van der Waals surface area contributed by atoms with Crippen molar-refractivity contribution < 1.29 is 13.9 Å². The van der Waals surface area contributed by atoms with E-state index in [-0.39, 0.29) is 5.88 Å². The molecule has 0 N–H and O–H groups in total. The van der Waals surface area contributed by atoms with Crippen LogP contribution in [0.1, 0.15) is 11.5 Å². The Morgan fingerprint density at radius 2 is 1.83 bits per heavy atom. The lowest BCUT2D eigenvalue weighted by molar-refractivity contribution is 0.393. The molecule has 1 heterocycles. The van der Waals surface area contributed by atoms with Gasteiger partial charge in [0.25, 0.3) is 0 Å². The maximum Gasteiger partial charge on any atom is 0.234 e. The molecule has 0 fully saturated rings. The van der Waals surface area contributed by atoms with E-state index in [2.05, 4.69) is 4.98 Å². The van der Waals surface area contributed by atoms with Gasteiger partial charge in [0.1, 0.15) is 22.8 Å². The van der Waals surface area contributed by atoms with Gasteiger partial charge in [-0.1, -0.05) is 6.07 Å². The summed E-state index contributed by atoms with van der Waals surface area (Å²) < 4.78 is 16.3. The highest BCUT2D eigenvalue weighted by Crippen LogP contribution is 2.38. The molecule has 0 aliphatic heterocycles. The molecule has 0 saturated heterocycles. The Morgan fingerprint density at radius 1 is 1.22 bits per heavy atom. The number of hydrogen-bond donors (Lipinski definition) is 0. The van der Waals surface area contributed by atoms with Crippen molar-refractivity contribution in [1.29, 1.82) is 0 Å². The van der Waals surface area contributed by atoms with Crippen LogP contribution in [0.15, 0.2) is 22.6 Å². The van der Waals surface area contributed by atoms with Crippen LogP contribution in [0.25, 0.3) is 11.5 Å². The summed E-state index contributed by atoms with van der Waals surface area (Å²) in [7, 11) is 3.19. The summed E-state index contributed by atoms with van der Waals surface area (Å²) in [6, 6.07) is 5.51. The number of nitrogens with zero attached hydrogens (tertiary/aromatic N) is 1. The number of halogens is 1. The number of hydrogen-bond acceptors (Lipinski definition) is 4. The number of aryl methyl sites for hydroxylation is 1. The van der Waals surface area contributed by atoms with Crippen LogP contribution in [0.4, 0.5) is 0 Å². The molecule has 18 heavy (non-hydrogen) atoms. The lowest BCUT2D eigenvalue weighted by Crippen LogP contribution is -1.93. The molecule has 5 heteroatoms. The van der Waals surface area contributed by atoms with Crippen LogP contribution in [0, 0.1) is 6.92 Å². The van der Waals surface area contributed by atoms with Gasteiger partial charge in [0, 0.05) is 0 Å². The summed E-state index contributed by atoms with van der Waals surface area (Å²) >= 11 is 5.78. The first-order chi connectivity index (χ1) is 8.71. The van der Waals surface area contributed by atoms with Crippen molar-refractivity contribution in [3.8, 4) is 23.0 Å². The molecule has 2 aromatic rings.